The van der Waals surface area contributed by atoms with E-state index < -0.39 is 35.3 Å². The van der Waals surface area contributed by atoms with Gasteiger partial charge < -0.3 is 19.5 Å². The number of rotatable bonds is 1. The Hall–Kier alpha value is -3.03. The number of likely N-dealkylation sites (tertiary alicyclic amines) is 1. The molecule has 1 amide bonds. The fraction of sp³-hybridized carbons (Fsp3) is 0.560. The maximum absolute atomic E-state index is 13.1. The van der Waals surface area contributed by atoms with Gasteiger partial charge in [0.25, 0.3) is 0 Å². The summed E-state index contributed by atoms with van der Waals surface area (Å²) in [6.07, 6.45) is 1.75. The zero-order chi connectivity index (χ0) is 24.3. The predicted octanol–water partition coefficient (Wildman–Crippen LogP) is 4.77. The number of carbonyl (C=O) groups is 3. The van der Waals surface area contributed by atoms with Crippen molar-refractivity contribution in [3.05, 3.63) is 35.5 Å². The fourth-order valence-corrected chi connectivity index (χ4v) is 4.97. The number of fused-ring (bicyclic) bond motifs is 2. The van der Waals surface area contributed by atoms with Crippen LogP contribution in [-0.2, 0) is 20.7 Å². The van der Waals surface area contributed by atoms with Crippen LogP contribution in [0.5, 0.6) is 0 Å². The Morgan fingerprint density at radius 3 is 2.24 bits per heavy atom. The van der Waals surface area contributed by atoms with Gasteiger partial charge in [-0.2, -0.15) is 0 Å². The van der Waals surface area contributed by atoms with E-state index in [2.05, 4.69) is 0 Å². The quantitative estimate of drug-likeness (QED) is 0.664. The summed E-state index contributed by atoms with van der Waals surface area (Å²) >= 11 is 0. The molecule has 1 fully saturated rings. The third kappa shape index (κ3) is 4.43. The molecule has 0 radical (unpaired) electrons. The Bertz CT molecular complexity index is 1120. The van der Waals surface area contributed by atoms with Crippen LogP contribution in [0, 0.1) is 5.92 Å². The van der Waals surface area contributed by atoms with Crippen LogP contribution in [0.3, 0.4) is 0 Å². The first-order valence-electron chi connectivity index (χ1n) is 11.3. The summed E-state index contributed by atoms with van der Waals surface area (Å²) in [6, 6.07) is 5.46. The number of nitrogens with zero attached hydrogens (tertiary/aromatic N) is 2. The number of carboxylic acids is 1. The Labute approximate surface area is 193 Å². The van der Waals surface area contributed by atoms with Gasteiger partial charge in [-0.15, -0.1) is 0 Å². The molecule has 2 aromatic rings. The number of hydrogen-bond donors (Lipinski definition) is 1. The number of aromatic nitrogens is 1. The highest BCUT2D eigenvalue weighted by Crippen LogP contribution is 2.45. The van der Waals surface area contributed by atoms with E-state index in [4.69, 9.17) is 9.47 Å². The summed E-state index contributed by atoms with van der Waals surface area (Å²) < 4.78 is 12.7. The molecular formula is C25H32N2O6. The molecular weight excluding hydrogens is 424 g/mol. The van der Waals surface area contributed by atoms with Gasteiger partial charge in [-0.1, -0.05) is 12.1 Å². The number of ether oxygens (including phenoxy) is 2. The summed E-state index contributed by atoms with van der Waals surface area (Å²) in [5, 5.41) is 10.7. The molecule has 2 heterocycles. The van der Waals surface area contributed by atoms with E-state index in [1.807, 2.05) is 39.0 Å². The summed E-state index contributed by atoms with van der Waals surface area (Å²) in [4.78, 5) is 39.5. The molecule has 1 aliphatic heterocycles. The van der Waals surface area contributed by atoms with E-state index in [9.17, 15) is 19.5 Å². The van der Waals surface area contributed by atoms with Crippen LogP contribution in [-0.4, -0.2) is 56.5 Å². The Morgan fingerprint density at radius 2 is 1.64 bits per heavy atom. The largest absolute Gasteiger partial charge is 0.481 e. The second-order valence-electron chi connectivity index (χ2n) is 11.0. The molecule has 8 heteroatoms. The van der Waals surface area contributed by atoms with E-state index in [0.717, 1.165) is 22.0 Å². The SMILES string of the molecule is CC(C)(C)OC(=O)N1C[C@H](C(=O)O)C[C@@H]2c3cccc4c3c(cn4C(=O)OC(C)(C)C)C[C@H]21. The zero-order valence-corrected chi connectivity index (χ0v) is 20.0. The van der Waals surface area contributed by atoms with E-state index >= 15 is 0 Å². The first-order valence-corrected chi connectivity index (χ1v) is 11.3. The average Bonchev–Trinajstić information content (AvgIpc) is 3.05. The van der Waals surface area contributed by atoms with Crippen molar-refractivity contribution >= 4 is 29.1 Å². The van der Waals surface area contributed by atoms with Crippen molar-refractivity contribution in [3.63, 3.8) is 0 Å². The molecule has 2 aliphatic rings. The lowest BCUT2D eigenvalue weighted by molar-refractivity contribution is -0.144. The van der Waals surface area contributed by atoms with Crippen LogP contribution in [0.2, 0.25) is 0 Å². The Balaban J connectivity index is 1.78. The van der Waals surface area contributed by atoms with E-state index in [-0.39, 0.29) is 18.5 Å². The minimum absolute atomic E-state index is 0.101. The third-order valence-corrected chi connectivity index (χ3v) is 6.16. The molecule has 1 saturated heterocycles. The van der Waals surface area contributed by atoms with Gasteiger partial charge in [0.2, 0.25) is 0 Å². The number of amides is 1. The highest BCUT2D eigenvalue weighted by Gasteiger charge is 2.46. The normalized spacial score (nSPS) is 22.6. The smallest absolute Gasteiger partial charge is 0.419 e. The lowest BCUT2D eigenvalue weighted by atomic mass is 9.72. The van der Waals surface area contributed by atoms with Gasteiger partial charge in [-0.3, -0.25) is 9.36 Å². The molecule has 0 saturated carbocycles. The molecule has 3 atom stereocenters. The van der Waals surface area contributed by atoms with Crippen molar-refractivity contribution in [1.29, 1.82) is 0 Å². The van der Waals surface area contributed by atoms with Crippen molar-refractivity contribution < 1.29 is 29.0 Å². The summed E-state index contributed by atoms with van der Waals surface area (Å²) in [5.74, 6) is -1.78. The zero-order valence-electron chi connectivity index (χ0n) is 20.0. The van der Waals surface area contributed by atoms with Gasteiger partial charge in [0.1, 0.15) is 11.2 Å². The topological polar surface area (TPSA) is 98.1 Å². The highest BCUT2D eigenvalue weighted by atomic mass is 16.6. The van der Waals surface area contributed by atoms with Crippen molar-refractivity contribution in [3.8, 4) is 0 Å². The number of benzene rings is 1. The van der Waals surface area contributed by atoms with Crippen molar-refractivity contribution in [2.45, 2.75) is 77.5 Å². The molecule has 1 aliphatic carbocycles. The summed E-state index contributed by atoms with van der Waals surface area (Å²) in [5.41, 5.74) is 1.30. The van der Waals surface area contributed by atoms with Crippen LogP contribution < -0.4 is 0 Å². The van der Waals surface area contributed by atoms with Gasteiger partial charge in [-0.05, 0) is 71.6 Å². The van der Waals surface area contributed by atoms with Crippen molar-refractivity contribution in [1.82, 2.24) is 9.47 Å². The number of hydrogen-bond acceptors (Lipinski definition) is 5. The highest BCUT2D eigenvalue weighted by molar-refractivity contribution is 5.95. The van der Waals surface area contributed by atoms with Crippen LogP contribution >= 0.6 is 0 Å². The number of carboxylic acid groups (broad SMARTS) is 1. The first-order chi connectivity index (χ1) is 15.2. The van der Waals surface area contributed by atoms with Crippen LogP contribution in [0.15, 0.2) is 24.4 Å². The molecule has 0 bridgehead atoms. The van der Waals surface area contributed by atoms with Crippen LogP contribution in [0.25, 0.3) is 10.9 Å². The molecule has 8 nitrogen and oxygen atoms in total. The molecule has 4 rings (SSSR count). The molecule has 178 valence electrons. The standard InChI is InChI=1S/C25H32N2O6/c1-24(2,3)32-22(30)26-12-14-11-19-17(16-8-7-9-18(26)20(14)16)10-15(21(28)29)13-27(19)23(31)33-25(4,5)6/h7-9,12,15,17,19H,10-11,13H2,1-6H3,(H,28,29)/t15-,17-,19-/m1/s1. The Morgan fingerprint density at radius 1 is 1.00 bits per heavy atom. The lowest BCUT2D eigenvalue weighted by Crippen LogP contribution is -2.54. The predicted molar refractivity (Wildman–Crippen MR) is 122 cm³/mol. The maximum atomic E-state index is 13.1. The summed E-state index contributed by atoms with van der Waals surface area (Å²) in [6.45, 7) is 10.9. The number of piperidine rings is 1. The third-order valence-electron chi connectivity index (χ3n) is 6.16. The molecule has 1 N–H and O–H groups in total. The Kier molecular flexibility index (Phi) is 5.46. The summed E-state index contributed by atoms with van der Waals surface area (Å²) in [7, 11) is 0. The molecule has 0 unspecified atom stereocenters. The van der Waals surface area contributed by atoms with E-state index in [1.165, 1.54) is 4.57 Å². The van der Waals surface area contributed by atoms with Gasteiger partial charge >= 0.3 is 18.2 Å². The fourth-order valence-electron chi connectivity index (χ4n) is 4.97. The number of aliphatic carboxylic acids is 1. The van der Waals surface area contributed by atoms with Crippen molar-refractivity contribution in [2.75, 3.05) is 6.54 Å². The van der Waals surface area contributed by atoms with Gasteiger partial charge in [0.15, 0.2) is 0 Å². The van der Waals surface area contributed by atoms with Crippen LogP contribution in [0.1, 0.15) is 65.0 Å². The van der Waals surface area contributed by atoms with Gasteiger partial charge in [0.05, 0.1) is 11.4 Å². The number of carbonyl (C=O) groups excluding carboxylic acids is 2. The average molecular weight is 457 g/mol. The van der Waals surface area contributed by atoms with Gasteiger partial charge in [0, 0.05) is 30.1 Å². The maximum Gasteiger partial charge on any atom is 0.419 e. The van der Waals surface area contributed by atoms with Gasteiger partial charge in [-0.25, -0.2) is 9.59 Å². The lowest BCUT2D eigenvalue weighted by Gasteiger charge is -2.46. The minimum Gasteiger partial charge on any atom is -0.481 e. The van der Waals surface area contributed by atoms with E-state index in [1.54, 1.807) is 31.9 Å². The van der Waals surface area contributed by atoms with E-state index in [0.29, 0.717) is 12.8 Å². The molecule has 1 aromatic heterocycles. The molecule has 1 aromatic carbocycles. The van der Waals surface area contributed by atoms with Crippen LogP contribution in [0.4, 0.5) is 9.59 Å². The minimum atomic E-state index is -0.925. The molecule has 33 heavy (non-hydrogen) atoms. The molecule has 0 spiro atoms. The second kappa shape index (κ2) is 7.78. The van der Waals surface area contributed by atoms with Crippen molar-refractivity contribution in [2.24, 2.45) is 5.92 Å². The second-order valence-corrected chi connectivity index (χ2v) is 11.0. The monoisotopic (exact) mass is 456 g/mol. The first kappa shape index (κ1) is 23.1.